The van der Waals surface area contributed by atoms with Gasteiger partial charge >= 0.3 is 6.03 Å². The van der Waals surface area contributed by atoms with Crippen LogP contribution in [0.2, 0.25) is 0 Å². The van der Waals surface area contributed by atoms with Crippen molar-refractivity contribution in [2.45, 2.75) is 57.7 Å². The average Bonchev–Trinajstić information content (AvgIpc) is 3.28. The summed E-state index contributed by atoms with van der Waals surface area (Å²) in [6.07, 6.45) is 7.65. The van der Waals surface area contributed by atoms with Crippen LogP contribution in [0.15, 0.2) is 35.8 Å². The van der Waals surface area contributed by atoms with E-state index in [0.717, 1.165) is 24.8 Å². The van der Waals surface area contributed by atoms with E-state index in [2.05, 4.69) is 27.1 Å². The molecule has 1 aliphatic rings. The molecule has 0 radical (unpaired) electrons. The molecule has 1 atom stereocenters. The summed E-state index contributed by atoms with van der Waals surface area (Å²) in [6.45, 7) is 2.46. The molecule has 2 aromatic rings. The number of carbonyl (C=O) groups excluding carboxylic acids is 1. The zero-order chi connectivity index (χ0) is 17.5. The van der Waals surface area contributed by atoms with Crippen molar-refractivity contribution in [1.82, 2.24) is 15.6 Å². The lowest BCUT2D eigenvalue weighted by Gasteiger charge is -2.14. The maximum atomic E-state index is 12.0. The van der Waals surface area contributed by atoms with Gasteiger partial charge in [-0.2, -0.15) is 0 Å². The highest BCUT2D eigenvalue weighted by Gasteiger charge is 2.16. The second-order valence-electron chi connectivity index (χ2n) is 6.54. The van der Waals surface area contributed by atoms with Gasteiger partial charge in [-0.15, -0.1) is 11.3 Å². The molecule has 1 unspecified atom stereocenters. The summed E-state index contributed by atoms with van der Waals surface area (Å²) in [5.74, 6) is 0.671. The quantitative estimate of drug-likeness (QED) is 0.788. The molecular weight excluding hydrogens is 334 g/mol. The summed E-state index contributed by atoms with van der Waals surface area (Å²) in [7, 11) is 0. The second kappa shape index (κ2) is 8.85. The van der Waals surface area contributed by atoms with Crippen molar-refractivity contribution in [3.05, 3.63) is 46.3 Å². The van der Waals surface area contributed by atoms with Gasteiger partial charge in [0.05, 0.1) is 0 Å². The third-order valence-electron chi connectivity index (χ3n) is 4.31. The van der Waals surface area contributed by atoms with Crippen LogP contribution in [0.1, 0.15) is 43.0 Å². The number of pyridine rings is 1. The van der Waals surface area contributed by atoms with Crippen LogP contribution >= 0.6 is 11.3 Å². The van der Waals surface area contributed by atoms with E-state index in [9.17, 15) is 4.79 Å². The summed E-state index contributed by atoms with van der Waals surface area (Å²) < 4.78 is 5.85. The number of rotatable bonds is 7. The van der Waals surface area contributed by atoms with Crippen LogP contribution in [-0.2, 0) is 13.0 Å². The number of nitrogens with one attached hydrogen (secondary N) is 2. The lowest BCUT2D eigenvalue weighted by molar-refractivity contribution is 0.201. The Bertz CT molecular complexity index is 652. The van der Waals surface area contributed by atoms with Gasteiger partial charge in [-0.05, 0) is 49.6 Å². The van der Waals surface area contributed by atoms with Crippen LogP contribution in [0.25, 0.3) is 0 Å². The highest BCUT2D eigenvalue weighted by molar-refractivity contribution is 7.09. The Hall–Kier alpha value is -2.08. The first kappa shape index (κ1) is 17.7. The molecule has 1 fully saturated rings. The van der Waals surface area contributed by atoms with E-state index in [1.165, 1.54) is 17.7 Å². The van der Waals surface area contributed by atoms with E-state index < -0.39 is 0 Å². The van der Waals surface area contributed by atoms with Gasteiger partial charge in [0.25, 0.3) is 0 Å². The Morgan fingerprint density at radius 2 is 2.20 bits per heavy atom. The minimum Gasteiger partial charge on any atom is -0.474 e. The molecule has 0 saturated heterocycles. The molecule has 134 valence electrons. The summed E-state index contributed by atoms with van der Waals surface area (Å²) in [5, 5.41) is 7.88. The molecule has 0 bridgehead atoms. The summed E-state index contributed by atoms with van der Waals surface area (Å²) in [6, 6.07) is 7.88. The fourth-order valence-electron chi connectivity index (χ4n) is 3.00. The molecular formula is C19H25N3O2S. The van der Waals surface area contributed by atoms with Crippen LogP contribution in [0.3, 0.4) is 0 Å². The first-order chi connectivity index (χ1) is 12.2. The fourth-order valence-corrected chi connectivity index (χ4v) is 3.84. The van der Waals surface area contributed by atoms with Crippen LogP contribution in [-0.4, -0.2) is 23.2 Å². The fraction of sp³-hybridized carbons (Fsp3) is 0.474. The largest absolute Gasteiger partial charge is 0.474 e. The Morgan fingerprint density at radius 3 is 2.88 bits per heavy atom. The highest BCUT2D eigenvalue weighted by atomic mass is 32.1. The van der Waals surface area contributed by atoms with E-state index in [0.29, 0.717) is 18.5 Å². The molecule has 6 heteroatoms. The summed E-state index contributed by atoms with van der Waals surface area (Å²) in [4.78, 5) is 17.6. The third-order valence-corrected chi connectivity index (χ3v) is 5.20. The van der Waals surface area contributed by atoms with Crippen LogP contribution < -0.4 is 15.4 Å². The van der Waals surface area contributed by atoms with E-state index in [-0.39, 0.29) is 12.1 Å². The predicted molar refractivity (Wildman–Crippen MR) is 100.0 cm³/mol. The van der Waals surface area contributed by atoms with Gasteiger partial charge in [-0.1, -0.05) is 12.1 Å². The van der Waals surface area contributed by atoms with Gasteiger partial charge in [-0.25, -0.2) is 9.78 Å². The monoisotopic (exact) mass is 359 g/mol. The average molecular weight is 359 g/mol. The van der Waals surface area contributed by atoms with E-state index in [1.807, 2.05) is 25.1 Å². The molecule has 1 aliphatic carbocycles. The van der Waals surface area contributed by atoms with Crippen LogP contribution in [0, 0.1) is 0 Å². The summed E-state index contributed by atoms with van der Waals surface area (Å²) in [5.41, 5.74) is 0.958. The predicted octanol–water partition coefficient (Wildman–Crippen LogP) is 3.89. The van der Waals surface area contributed by atoms with Gasteiger partial charge in [0.2, 0.25) is 5.88 Å². The molecule has 5 nitrogen and oxygen atoms in total. The number of thiophene rings is 1. The zero-order valence-corrected chi connectivity index (χ0v) is 15.3. The Kier molecular flexibility index (Phi) is 6.28. The number of urea groups is 1. The first-order valence-electron chi connectivity index (χ1n) is 8.87. The van der Waals surface area contributed by atoms with Crippen molar-refractivity contribution in [3.8, 4) is 5.88 Å². The van der Waals surface area contributed by atoms with Gasteiger partial charge in [0.1, 0.15) is 6.10 Å². The third kappa shape index (κ3) is 5.74. The number of aromatic nitrogens is 1. The van der Waals surface area contributed by atoms with E-state index in [4.69, 9.17) is 4.74 Å². The Balaban J connectivity index is 1.39. The van der Waals surface area contributed by atoms with Crippen LogP contribution in [0.5, 0.6) is 5.88 Å². The smallest absolute Gasteiger partial charge is 0.315 e. The lowest BCUT2D eigenvalue weighted by Crippen LogP contribution is -2.41. The Labute approximate surface area is 152 Å². The molecule has 1 saturated carbocycles. The molecule has 25 heavy (non-hydrogen) atoms. The van der Waals surface area contributed by atoms with Gasteiger partial charge in [-0.3, -0.25) is 0 Å². The highest BCUT2D eigenvalue weighted by Crippen LogP contribution is 2.22. The maximum Gasteiger partial charge on any atom is 0.315 e. The van der Waals surface area contributed by atoms with Crippen molar-refractivity contribution >= 4 is 17.4 Å². The second-order valence-corrected chi connectivity index (χ2v) is 7.57. The molecule has 2 aromatic heterocycles. The standard InChI is InChI=1S/C19H25N3O2S/c1-14(11-17-7-4-10-25-17)22-19(23)21-13-15-8-9-18(20-12-15)24-16-5-2-3-6-16/h4,7-10,12,14,16H,2-3,5-6,11,13H2,1H3,(H2,21,22,23). The summed E-state index contributed by atoms with van der Waals surface area (Å²) >= 11 is 1.71. The number of nitrogens with zero attached hydrogens (tertiary/aromatic N) is 1. The SMILES string of the molecule is CC(Cc1cccs1)NC(=O)NCc1ccc(OC2CCCC2)nc1. The zero-order valence-electron chi connectivity index (χ0n) is 14.5. The number of hydrogen-bond donors (Lipinski definition) is 2. The normalized spacial score (nSPS) is 15.7. The topological polar surface area (TPSA) is 63.2 Å². The number of carbonyl (C=O) groups is 1. The Morgan fingerprint density at radius 1 is 1.36 bits per heavy atom. The molecule has 0 spiro atoms. The maximum absolute atomic E-state index is 12.0. The molecule has 3 rings (SSSR count). The minimum atomic E-state index is -0.157. The van der Waals surface area contributed by atoms with Crippen molar-refractivity contribution < 1.29 is 9.53 Å². The molecule has 0 aliphatic heterocycles. The molecule has 2 heterocycles. The van der Waals surface area contributed by atoms with Gasteiger partial charge in [0, 0.05) is 36.1 Å². The molecule has 2 N–H and O–H groups in total. The van der Waals surface area contributed by atoms with Crippen molar-refractivity contribution in [2.75, 3.05) is 0 Å². The van der Waals surface area contributed by atoms with Gasteiger partial charge in [0.15, 0.2) is 0 Å². The molecule has 2 amide bonds. The first-order valence-corrected chi connectivity index (χ1v) is 9.75. The number of hydrogen-bond acceptors (Lipinski definition) is 4. The minimum absolute atomic E-state index is 0.0963. The number of ether oxygens (including phenoxy) is 1. The van der Waals surface area contributed by atoms with Crippen molar-refractivity contribution in [3.63, 3.8) is 0 Å². The molecule has 0 aromatic carbocycles. The van der Waals surface area contributed by atoms with Crippen molar-refractivity contribution in [2.24, 2.45) is 0 Å². The lowest BCUT2D eigenvalue weighted by atomic mass is 10.2. The van der Waals surface area contributed by atoms with Crippen molar-refractivity contribution in [1.29, 1.82) is 0 Å². The number of amides is 2. The van der Waals surface area contributed by atoms with Crippen LogP contribution in [0.4, 0.5) is 4.79 Å². The van der Waals surface area contributed by atoms with Gasteiger partial charge < -0.3 is 15.4 Å². The van der Waals surface area contributed by atoms with E-state index in [1.54, 1.807) is 17.5 Å². The van der Waals surface area contributed by atoms with E-state index >= 15 is 0 Å².